The van der Waals surface area contributed by atoms with E-state index in [0.29, 0.717) is 58.8 Å². The lowest BCUT2D eigenvalue weighted by molar-refractivity contribution is 0.0964. The summed E-state index contributed by atoms with van der Waals surface area (Å²) >= 11 is 12.8. The number of hydrogen-bond acceptors (Lipinski definition) is 6. The van der Waals surface area contributed by atoms with Crippen LogP contribution in [0.1, 0.15) is 83.3 Å². The van der Waals surface area contributed by atoms with Crippen LogP contribution in [0.25, 0.3) is 0 Å². The third-order valence-corrected chi connectivity index (χ3v) is 11.0. The standard InChI is InChI=1S/C36H45Cl2N5O3S/c1-8-46-31-29(23-39-32(40-31)34(2,3)4)30-41-35(5,25-9-13-27(37)14-10-25)36(6,26-11-15-28(38)16-12-26)43(30)33(44)42-20-17-24(18-21-42)19-22-47(7)45/h9-16,23-24H,8,17-22H2,1-7H3/p+1/t35?,36-,47?/m1/s1. The van der Waals surface area contributed by atoms with Crippen molar-refractivity contribution in [1.29, 1.82) is 0 Å². The van der Waals surface area contributed by atoms with Gasteiger partial charge in [0.2, 0.25) is 5.88 Å². The van der Waals surface area contributed by atoms with Gasteiger partial charge in [0, 0.05) is 34.7 Å². The zero-order valence-corrected chi connectivity index (χ0v) is 30.8. The van der Waals surface area contributed by atoms with Crippen LogP contribution in [-0.2, 0) is 31.5 Å². The van der Waals surface area contributed by atoms with Gasteiger partial charge < -0.3 is 9.64 Å². The van der Waals surface area contributed by atoms with Crippen LogP contribution >= 0.6 is 23.2 Å². The Hall–Kier alpha value is -3.01. The maximum atomic E-state index is 15.1. The summed E-state index contributed by atoms with van der Waals surface area (Å²) in [5.74, 6) is 2.62. The topological polar surface area (TPSA) is 88.0 Å². The SMILES string of the molecule is CCOc1nc(C(C)(C)C)ncc1C1=NC(C)(c2ccc(Cl)cc2)[C@@](C)(c2ccc(Cl)cc2)N1C(=O)N1CCC(CC[SH+](C)=O)CC1. The maximum Gasteiger partial charge on any atom is 0.326 e. The Bertz CT molecular complexity index is 1650. The van der Waals surface area contributed by atoms with Gasteiger partial charge in [-0.05, 0) is 81.3 Å². The van der Waals surface area contributed by atoms with Crippen molar-refractivity contribution in [3.8, 4) is 5.88 Å². The molecule has 3 atom stereocenters. The average Bonchev–Trinajstić information content (AvgIpc) is 3.28. The van der Waals surface area contributed by atoms with E-state index in [9.17, 15) is 4.21 Å². The molecule has 2 aliphatic heterocycles. The second kappa shape index (κ2) is 13.8. The van der Waals surface area contributed by atoms with Crippen LogP contribution in [0.3, 0.4) is 0 Å². The summed E-state index contributed by atoms with van der Waals surface area (Å²) in [5, 5.41) is 1.21. The third kappa shape index (κ3) is 6.94. The van der Waals surface area contributed by atoms with Gasteiger partial charge in [-0.25, -0.2) is 9.78 Å². The molecule has 11 heteroatoms. The van der Waals surface area contributed by atoms with E-state index in [1.165, 1.54) is 0 Å². The Morgan fingerprint density at radius 3 is 2.11 bits per heavy atom. The summed E-state index contributed by atoms with van der Waals surface area (Å²) in [4.78, 5) is 33.9. The smallest absolute Gasteiger partial charge is 0.326 e. The number of piperidine rings is 1. The first kappa shape index (κ1) is 35.3. The number of carbonyl (C=O) groups excluding carboxylic acids is 1. The molecule has 1 saturated heterocycles. The van der Waals surface area contributed by atoms with E-state index in [-0.39, 0.29) is 11.4 Å². The molecular formula is C36H46Cl2N5O3S+. The quantitative estimate of drug-likeness (QED) is 0.176. The van der Waals surface area contributed by atoms with Crippen LogP contribution in [0.15, 0.2) is 59.7 Å². The van der Waals surface area contributed by atoms with E-state index in [1.807, 2.05) is 65.3 Å². The number of amidine groups is 1. The molecule has 2 aromatic carbocycles. The van der Waals surface area contributed by atoms with Gasteiger partial charge in [-0.3, -0.25) is 9.89 Å². The molecule has 0 aliphatic carbocycles. The largest absolute Gasteiger partial charge is 0.477 e. The zero-order chi connectivity index (χ0) is 34.1. The Morgan fingerprint density at radius 2 is 1.57 bits per heavy atom. The molecule has 5 rings (SSSR count). The number of carbonyl (C=O) groups is 1. The van der Waals surface area contributed by atoms with E-state index >= 15 is 4.79 Å². The highest BCUT2D eigenvalue weighted by molar-refractivity contribution is 7.84. The lowest BCUT2D eigenvalue weighted by Crippen LogP contribution is -2.59. The van der Waals surface area contributed by atoms with Crippen molar-refractivity contribution in [2.45, 2.75) is 77.3 Å². The number of halogens is 2. The Morgan fingerprint density at radius 1 is 1.00 bits per heavy atom. The Kier molecular flexibility index (Phi) is 10.4. The number of likely N-dealkylation sites (tertiary alicyclic amines) is 1. The molecular weight excluding hydrogens is 653 g/mol. The van der Waals surface area contributed by atoms with Gasteiger partial charge >= 0.3 is 6.03 Å². The second-order valence-electron chi connectivity index (χ2n) is 13.9. The molecule has 2 aliphatic rings. The van der Waals surface area contributed by atoms with E-state index in [4.69, 9.17) is 42.9 Å². The first-order valence-electron chi connectivity index (χ1n) is 16.3. The minimum Gasteiger partial charge on any atom is -0.477 e. The molecule has 1 aromatic heterocycles. The molecule has 0 radical (unpaired) electrons. The molecule has 3 aromatic rings. The van der Waals surface area contributed by atoms with Crippen molar-refractivity contribution in [2.24, 2.45) is 10.9 Å². The maximum absolute atomic E-state index is 15.1. The predicted molar refractivity (Wildman–Crippen MR) is 192 cm³/mol. The van der Waals surface area contributed by atoms with E-state index in [0.717, 1.165) is 36.1 Å². The number of ether oxygens (including phenoxy) is 1. The fourth-order valence-electron chi connectivity index (χ4n) is 6.61. The minimum atomic E-state index is -1.18. The lowest BCUT2D eigenvalue weighted by Gasteiger charge is -2.47. The second-order valence-corrected chi connectivity index (χ2v) is 16.5. The van der Waals surface area contributed by atoms with Crippen molar-refractivity contribution >= 4 is 45.9 Å². The van der Waals surface area contributed by atoms with Crippen molar-refractivity contribution < 1.29 is 13.7 Å². The molecule has 0 saturated carbocycles. The lowest BCUT2D eigenvalue weighted by atomic mass is 9.71. The number of nitrogens with zero attached hydrogens (tertiary/aromatic N) is 5. The van der Waals surface area contributed by atoms with Gasteiger partial charge in [0.25, 0.3) is 0 Å². The van der Waals surface area contributed by atoms with Crippen LogP contribution < -0.4 is 4.74 Å². The van der Waals surface area contributed by atoms with E-state index in [2.05, 4.69) is 34.6 Å². The number of benzene rings is 2. The first-order chi connectivity index (χ1) is 22.2. The molecule has 252 valence electrons. The zero-order valence-electron chi connectivity index (χ0n) is 28.4. The van der Waals surface area contributed by atoms with Crippen LogP contribution in [0.5, 0.6) is 5.88 Å². The highest BCUT2D eigenvalue weighted by atomic mass is 35.5. The molecule has 8 nitrogen and oxygen atoms in total. The number of aromatic nitrogens is 2. The summed E-state index contributed by atoms with van der Waals surface area (Å²) in [5.41, 5.74) is 0.0210. The number of urea groups is 1. The summed E-state index contributed by atoms with van der Waals surface area (Å²) in [6, 6.07) is 15.1. The van der Waals surface area contributed by atoms with Crippen molar-refractivity contribution in [3.63, 3.8) is 0 Å². The van der Waals surface area contributed by atoms with Gasteiger partial charge in [-0.2, -0.15) is 4.98 Å². The molecule has 3 heterocycles. The minimum absolute atomic E-state index is 0.152. The summed E-state index contributed by atoms with van der Waals surface area (Å²) in [6.07, 6.45) is 6.15. The average molecular weight is 700 g/mol. The Balaban J connectivity index is 1.70. The van der Waals surface area contributed by atoms with Crippen LogP contribution in [0.2, 0.25) is 10.0 Å². The Labute approximate surface area is 291 Å². The van der Waals surface area contributed by atoms with Crippen LogP contribution in [0, 0.1) is 5.92 Å². The monoisotopic (exact) mass is 698 g/mol. The van der Waals surface area contributed by atoms with E-state index < -0.39 is 21.9 Å². The van der Waals surface area contributed by atoms with Gasteiger partial charge in [0.05, 0.1) is 29.2 Å². The summed E-state index contributed by atoms with van der Waals surface area (Å²) in [6.45, 7) is 13.8. The number of rotatable bonds is 8. The number of thiol groups is 1. The molecule has 0 bridgehead atoms. The molecule has 2 amide bonds. The number of hydrogen-bond donors (Lipinski definition) is 0. The molecule has 1 fully saturated rings. The summed E-state index contributed by atoms with van der Waals surface area (Å²) < 4.78 is 18.0. The predicted octanol–water partition coefficient (Wildman–Crippen LogP) is 7.92. The van der Waals surface area contributed by atoms with Gasteiger partial charge in [-0.15, -0.1) is 4.21 Å². The summed E-state index contributed by atoms with van der Waals surface area (Å²) in [7, 11) is -1.18. The number of aliphatic imine (C=N–C) groups is 1. The van der Waals surface area contributed by atoms with Crippen molar-refractivity contribution in [1.82, 2.24) is 19.8 Å². The van der Waals surface area contributed by atoms with Gasteiger partial charge in [-0.1, -0.05) is 68.2 Å². The third-order valence-electron chi connectivity index (χ3n) is 9.62. The van der Waals surface area contributed by atoms with Crippen LogP contribution in [-0.4, -0.2) is 63.3 Å². The highest BCUT2D eigenvalue weighted by Crippen LogP contribution is 2.54. The van der Waals surface area contributed by atoms with Gasteiger partial charge in [0.15, 0.2) is 0 Å². The molecule has 47 heavy (non-hydrogen) atoms. The normalized spacial score (nSPS) is 22.7. The van der Waals surface area contributed by atoms with Crippen molar-refractivity contribution in [3.05, 3.63) is 87.3 Å². The molecule has 2 unspecified atom stereocenters. The van der Waals surface area contributed by atoms with E-state index in [1.54, 1.807) is 12.5 Å². The van der Waals surface area contributed by atoms with Crippen LogP contribution in [0.4, 0.5) is 4.79 Å². The number of amides is 2. The first-order valence-corrected chi connectivity index (χ1v) is 18.9. The molecule has 0 spiro atoms. The highest BCUT2D eigenvalue weighted by Gasteiger charge is 2.60. The molecule has 0 N–H and O–H groups in total. The fourth-order valence-corrected chi connectivity index (χ4v) is 7.59. The van der Waals surface area contributed by atoms with Crippen molar-refractivity contribution in [2.75, 3.05) is 31.7 Å². The fraction of sp³-hybridized carbons (Fsp3) is 0.500. The van der Waals surface area contributed by atoms with Gasteiger partial charge in [0.1, 0.15) is 28.5 Å².